The molecule has 24 heavy (non-hydrogen) atoms. The summed E-state index contributed by atoms with van der Waals surface area (Å²) in [4.78, 5) is 10.7. The highest BCUT2D eigenvalue weighted by atomic mass is 16.7. The van der Waals surface area contributed by atoms with Gasteiger partial charge < -0.3 is 14.2 Å². The summed E-state index contributed by atoms with van der Waals surface area (Å²) < 4.78 is 17.9. The fourth-order valence-electron chi connectivity index (χ4n) is 2.42. The van der Waals surface area contributed by atoms with E-state index < -0.39 is 0 Å². The highest BCUT2D eigenvalue weighted by molar-refractivity contribution is 5.74. The molecule has 0 aromatic heterocycles. The number of rotatable bonds is 4. The second-order valence-electron chi connectivity index (χ2n) is 6.95. The van der Waals surface area contributed by atoms with Gasteiger partial charge in [-0.2, -0.15) is 0 Å². The third-order valence-electron chi connectivity index (χ3n) is 4.66. The summed E-state index contributed by atoms with van der Waals surface area (Å²) in [6.07, 6.45) is 0.430. The fraction of sp³-hybridized carbons (Fsp3) is 0.350. The van der Waals surface area contributed by atoms with Gasteiger partial charge in [-0.1, -0.05) is 12.1 Å². The van der Waals surface area contributed by atoms with Crippen molar-refractivity contribution in [2.75, 3.05) is 0 Å². The topological polar surface area (TPSA) is 44.8 Å². The van der Waals surface area contributed by atoms with Crippen molar-refractivity contribution in [3.8, 4) is 11.5 Å². The average Bonchev–Trinajstić information content (AvgIpc) is 2.77. The lowest BCUT2D eigenvalue weighted by molar-refractivity contribution is -0.0895. The molecule has 4 heteroatoms. The average molecular weight is 326 g/mol. The van der Waals surface area contributed by atoms with Crippen LogP contribution in [0.3, 0.4) is 0 Å². The van der Waals surface area contributed by atoms with Crippen molar-refractivity contribution in [1.82, 2.24) is 0 Å². The van der Waals surface area contributed by atoms with Crippen LogP contribution < -0.4 is 4.74 Å². The first-order chi connectivity index (χ1) is 11.3. The molecular weight excluding hydrogens is 304 g/mol. The Morgan fingerprint density at radius 2 is 1.29 bits per heavy atom. The highest BCUT2D eigenvalue weighted by Gasteiger charge is 2.49. The molecule has 0 amide bonds. The third-order valence-corrected chi connectivity index (χ3v) is 4.66. The Morgan fingerprint density at radius 1 is 0.833 bits per heavy atom. The molecular formula is C20H22O4. The molecule has 0 unspecified atom stereocenters. The number of carbonyl (C=O) groups is 1. The second kappa shape index (κ2) is 6.04. The number of hydrogen-bond acceptors (Lipinski definition) is 4. The molecule has 3 rings (SSSR count). The summed E-state index contributed by atoms with van der Waals surface area (Å²) >= 11 is 0. The minimum absolute atomic E-state index is 0.354. The highest BCUT2D eigenvalue weighted by Crippen LogP contribution is 2.44. The van der Waals surface area contributed by atoms with Crippen LogP contribution in [-0.4, -0.2) is 17.5 Å². The van der Waals surface area contributed by atoms with Gasteiger partial charge in [0, 0.05) is 11.1 Å². The fourth-order valence-corrected chi connectivity index (χ4v) is 2.42. The molecule has 2 aromatic rings. The maximum absolute atomic E-state index is 10.7. The Balaban J connectivity index is 1.70. The molecule has 0 atom stereocenters. The van der Waals surface area contributed by atoms with Crippen LogP contribution in [0.4, 0.5) is 0 Å². The van der Waals surface area contributed by atoms with E-state index in [0.717, 1.165) is 11.8 Å². The summed E-state index contributed by atoms with van der Waals surface area (Å²) in [7, 11) is 0. The quantitative estimate of drug-likeness (QED) is 0.750. The Labute approximate surface area is 142 Å². The number of hydrogen-bond donors (Lipinski definition) is 0. The van der Waals surface area contributed by atoms with Crippen LogP contribution in [0, 0.1) is 0 Å². The first-order valence-electron chi connectivity index (χ1n) is 7.99. The molecule has 126 valence electrons. The largest absolute Gasteiger partial charge is 0.457 e. The summed E-state index contributed by atoms with van der Waals surface area (Å²) in [5.41, 5.74) is 0.871. The molecule has 2 aromatic carbocycles. The zero-order chi connectivity index (χ0) is 17.4. The van der Waals surface area contributed by atoms with Gasteiger partial charge in [-0.3, -0.25) is 4.79 Å². The van der Waals surface area contributed by atoms with E-state index in [1.807, 2.05) is 52.0 Å². The van der Waals surface area contributed by atoms with Crippen molar-refractivity contribution in [2.45, 2.75) is 45.2 Å². The zero-order valence-corrected chi connectivity index (χ0v) is 14.4. The first-order valence-corrected chi connectivity index (χ1v) is 7.99. The minimum Gasteiger partial charge on any atom is -0.457 e. The lowest BCUT2D eigenvalue weighted by atomic mass is 9.90. The molecule has 0 N–H and O–H groups in total. The van der Waals surface area contributed by atoms with Gasteiger partial charge in [0.15, 0.2) is 6.29 Å². The number of benzene rings is 2. The van der Waals surface area contributed by atoms with Crippen LogP contribution in [-0.2, 0) is 9.47 Å². The van der Waals surface area contributed by atoms with Crippen molar-refractivity contribution < 1.29 is 19.0 Å². The summed E-state index contributed by atoms with van der Waals surface area (Å²) in [5.74, 6) is 1.40. The first kappa shape index (κ1) is 16.7. The Morgan fingerprint density at radius 3 is 1.75 bits per heavy atom. The van der Waals surface area contributed by atoms with Gasteiger partial charge >= 0.3 is 0 Å². The van der Waals surface area contributed by atoms with E-state index in [1.54, 1.807) is 24.3 Å². The normalized spacial score (nSPS) is 19.2. The van der Waals surface area contributed by atoms with Gasteiger partial charge in [-0.05, 0) is 64.1 Å². The van der Waals surface area contributed by atoms with E-state index in [2.05, 4.69) is 0 Å². The predicted octanol–water partition coefficient (Wildman–Crippen LogP) is 4.89. The maximum Gasteiger partial charge on any atom is 0.185 e. The maximum atomic E-state index is 10.7. The van der Waals surface area contributed by atoms with Crippen LogP contribution >= 0.6 is 0 Å². The van der Waals surface area contributed by atoms with Crippen LogP contribution in [0.1, 0.15) is 49.9 Å². The van der Waals surface area contributed by atoms with Crippen molar-refractivity contribution >= 4 is 6.29 Å². The monoisotopic (exact) mass is 326 g/mol. The molecule has 0 aliphatic carbocycles. The molecule has 0 saturated carbocycles. The van der Waals surface area contributed by atoms with Crippen LogP contribution in [0.5, 0.6) is 11.5 Å². The zero-order valence-electron chi connectivity index (χ0n) is 14.4. The molecule has 0 bridgehead atoms. The van der Waals surface area contributed by atoms with Crippen molar-refractivity contribution in [3.63, 3.8) is 0 Å². The smallest absolute Gasteiger partial charge is 0.185 e. The van der Waals surface area contributed by atoms with Gasteiger partial charge in [-0.25, -0.2) is 0 Å². The predicted molar refractivity (Wildman–Crippen MR) is 91.4 cm³/mol. The van der Waals surface area contributed by atoms with E-state index in [1.165, 1.54) is 0 Å². The second-order valence-corrected chi connectivity index (χ2v) is 6.95. The Bertz CT molecular complexity index is 698. The Hall–Kier alpha value is -2.17. The summed E-state index contributed by atoms with van der Waals surface area (Å²) in [6, 6.07) is 14.6. The molecule has 4 nitrogen and oxygen atoms in total. The van der Waals surface area contributed by atoms with Crippen LogP contribution in [0.15, 0.2) is 48.5 Å². The molecule has 0 radical (unpaired) electrons. The van der Waals surface area contributed by atoms with E-state index in [4.69, 9.17) is 14.2 Å². The number of carbonyl (C=O) groups excluding carboxylic acids is 1. The molecule has 0 spiro atoms. The standard InChI is InChI=1S/C20H22O4/c1-19(2)20(3,4)24-18(23-19)15-7-11-17(12-8-15)22-16-9-5-14(13-21)6-10-16/h5-13,18H,1-4H3. The SMILES string of the molecule is CC1(C)OC(c2ccc(Oc3ccc(C=O)cc3)cc2)OC1(C)C. The number of ether oxygens (including phenoxy) is 3. The lowest BCUT2D eigenvalue weighted by Gasteiger charge is -2.30. The van der Waals surface area contributed by atoms with Crippen molar-refractivity contribution in [3.05, 3.63) is 59.7 Å². The van der Waals surface area contributed by atoms with E-state index >= 15 is 0 Å². The van der Waals surface area contributed by atoms with E-state index in [-0.39, 0.29) is 17.5 Å². The van der Waals surface area contributed by atoms with Gasteiger partial charge in [0.05, 0.1) is 11.2 Å². The van der Waals surface area contributed by atoms with Crippen molar-refractivity contribution in [1.29, 1.82) is 0 Å². The lowest BCUT2D eigenvalue weighted by Crippen LogP contribution is -2.41. The molecule has 1 aliphatic heterocycles. The van der Waals surface area contributed by atoms with Crippen LogP contribution in [0.25, 0.3) is 0 Å². The molecule has 1 saturated heterocycles. The van der Waals surface area contributed by atoms with Gasteiger partial charge in [0.25, 0.3) is 0 Å². The van der Waals surface area contributed by atoms with Gasteiger partial charge in [-0.15, -0.1) is 0 Å². The van der Waals surface area contributed by atoms with Gasteiger partial charge in [0.2, 0.25) is 0 Å². The van der Waals surface area contributed by atoms with E-state index in [9.17, 15) is 4.79 Å². The van der Waals surface area contributed by atoms with Crippen LogP contribution in [0.2, 0.25) is 0 Å². The Kier molecular flexibility index (Phi) is 4.20. The van der Waals surface area contributed by atoms with Gasteiger partial charge in [0.1, 0.15) is 17.8 Å². The molecule has 1 heterocycles. The molecule has 1 aliphatic rings. The third kappa shape index (κ3) is 3.21. The minimum atomic E-state index is -0.379. The molecule has 1 fully saturated rings. The number of aldehydes is 1. The van der Waals surface area contributed by atoms with E-state index in [0.29, 0.717) is 17.1 Å². The van der Waals surface area contributed by atoms with Crippen molar-refractivity contribution in [2.24, 2.45) is 0 Å². The summed E-state index contributed by atoms with van der Waals surface area (Å²) in [5, 5.41) is 0. The summed E-state index contributed by atoms with van der Waals surface area (Å²) in [6.45, 7) is 8.14.